The number of aromatic carboxylic acids is 1. The van der Waals surface area contributed by atoms with Crippen LogP contribution >= 0.6 is 0 Å². The van der Waals surface area contributed by atoms with E-state index in [1.54, 1.807) is 31.2 Å². The second-order valence-corrected chi connectivity index (χ2v) is 4.87. The molecule has 0 aliphatic heterocycles. The SMILES string of the molecule is C=C(C)C(=O)Oc1ccc(N=Nc2ccc(C(=O)O)c(O)c2)cc1. The number of hydrogen-bond donors (Lipinski definition) is 2. The largest absolute Gasteiger partial charge is 0.507 e. The number of ether oxygens (including phenoxy) is 1. The van der Waals surface area contributed by atoms with Crippen molar-refractivity contribution in [1.82, 2.24) is 0 Å². The third-order valence-electron chi connectivity index (χ3n) is 2.89. The molecular formula is C17H14N2O5. The number of hydrogen-bond acceptors (Lipinski definition) is 6. The molecule has 122 valence electrons. The molecule has 0 unspecified atom stereocenters. The molecule has 0 spiro atoms. The second-order valence-electron chi connectivity index (χ2n) is 4.87. The van der Waals surface area contributed by atoms with E-state index in [1.165, 1.54) is 18.2 Å². The molecule has 0 saturated carbocycles. The highest BCUT2D eigenvalue weighted by atomic mass is 16.5. The van der Waals surface area contributed by atoms with Gasteiger partial charge in [0.25, 0.3) is 0 Å². The molecule has 0 aliphatic carbocycles. The van der Waals surface area contributed by atoms with E-state index in [4.69, 9.17) is 9.84 Å². The van der Waals surface area contributed by atoms with Crippen LogP contribution in [0, 0.1) is 0 Å². The van der Waals surface area contributed by atoms with Crippen LogP contribution in [0.25, 0.3) is 0 Å². The number of aromatic hydroxyl groups is 1. The standard InChI is InChI=1S/C17H14N2O5/c1-10(2)17(23)24-13-6-3-11(4-7-13)18-19-12-5-8-14(16(21)22)15(20)9-12/h3-9,20H,1H2,2H3,(H,21,22). The summed E-state index contributed by atoms with van der Waals surface area (Å²) in [5.74, 6) is -1.78. The Morgan fingerprint density at radius 1 is 1.04 bits per heavy atom. The first-order valence-electron chi connectivity index (χ1n) is 6.82. The number of phenols is 1. The molecule has 24 heavy (non-hydrogen) atoms. The van der Waals surface area contributed by atoms with Gasteiger partial charge in [0.2, 0.25) is 0 Å². The molecule has 0 radical (unpaired) electrons. The zero-order valence-corrected chi connectivity index (χ0v) is 12.8. The minimum absolute atomic E-state index is 0.211. The van der Waals surface area contributed by atoms with Crippen molar-refractivity contribution >= 4 is 23.3 Å². The Morgan fingerprint density at radius 2 is 1.62 bits per heavy atom. The van der Waals surface area contributed by atoms with Gasteiger partial charge in [-0.25, -0.2) is 9.59 Å². The molecule has 0 fully saturated rings. The number of rotatable bonds is 5. The molecule has 0 atom stereocenters. The number of benzene rings is 2. The molecule has 0 bridgehead atoms. The van der Waals surface area contributed by atoms with Crippen molar-refractivity contribution in [2.45, 2.75) is 6.92 Å². The van der Waals surface area contributed by atoms with Crippen LogP contribution in [-0.4, -0.2) is 22.2 Å². The summed E-state index contributed by atoms with van der Waals surface area (Å²) in [5, 5.41) is 26.3. The second kappa shape index (κ2) is 7.19. The highest BCUT2D eigenvalue weighted by molar-refractivity contribution is 5.91. The molecule has 7 nitrogen and oxygen atoms in total. The fraction of sp³-hybridized carbons (Fsp3) is 0.0588. The zero-order chi connectivity index (χ0) is 17.7. The monoisotopic (exact) mass is 326 g/mol. The Hall–Kier alpha value is -3.48. The highest BCUT2D eigenvalue weighted by Crippen LogP contribution is 2.26. The maximum atomic E-state index is 11.4. The number of carbonyl (C=O) groups is 2. The van der Waals surface area contributed by atoms with Crippen molar-refractivity contribution in [2.24, 2.45) is 10.2 Å². The summed E-state index contributed by atoms with van der Waals surface area (Å²) in [6, 6.07) is 10.2. The Morgan fingerprint density at radius 3 is 2.17 bits per heavy atom. The van der Waals surface area contributed by atoms with Gasteiger partial charge in [0.1, 0.15) is 17.1 Å². The van der Waals surface area contributed by atoms with Crippen LogP contribution in [0.5, 0.6) is 11.5 Å². The minimum Gasteiger partial charge on any atom is -0.507 e. The Bertz CT molecular complexity index is 825. The first kappa shape index (κ1) is 16.9. The van der Waals surface area contributed by atoms with Crippen molar-refractivity contribution in [3.05, 3.63) is 60.2 Å². The predicted molar refractivity (Wildman–Crippen MR) is 86.1 cm³/mol. The van der Waals surface area contributed by atoms with Gasteiger partial charge in [-0.3, -0.25) is 0 Å². The highest BCUT2D eigenvalue weighted by Gasteiger charge is 2.09. The first-order chi connectivity index (χ1) is 11.4. The third kappa shape index (κ3) is 4.26. The summed E-state index contributed by atoms with van der Waals surface area (Å²) in [6.45, 7) is 5.04. The van der Waals surface area contributed by atoms with Gasteiger partial charge in [-0.2, -0.15) is 10.2 Å². The molecule has 2 N–H and O–H groups in total. The van der Waals surface area contributed by atoms with Crippen LogP contribution in [0.4, 0.5) is 11.4 Å². The zero-order valence-electron chi connectivity index (χ0n) is 12.8. The predicted octanol–water partition coefficient (Wildman–Crippen LogP) is 3.99. The maximum Gasteiger partial charge on any atom is 0.339 e. The number of carboxylic acid groups (broad SMARTS) is 1. The summed E-state index contributed by atoms with van der Waals surface area (Å²) in [7, 11) is 0. The van der Waals surface area contributed by atoms with E-state index >= 15 is 0 Å². The summed E-state index contributed by atoms with van der Waals surface area (Å²) < 4.78 is 5.05. The molecule has 0 saturated heterocycles. The maximum absolute atomic E-state index is 11.4. The van der Waals surface area contributed by atoms with Crippen LogP contribution in [-0.2, 0) is 4.79 Å². The molecule has 0 amide bonds. The van der Waals surface area contributed by atoms with E-state index in [0.717, 1.165) is 0 Å². The fourth-order valence-electron chi connectivity index (χ4n) is 1.65. The summed E-state index contributed by atoms with van der Waals surface area (Å²) in [4.78, 5) is 22.2. The molecule has 0 heterocycles. The average molecular weight is 326 g/mol. The van der Waals surface area contributed by atoms with Crippen LogP contribution < -0.4 is 4.74 Å². The van der Waals surface area contributed by atoms with Crippen molar-refractivity contribution in [1.29, 1.82) is 0 Å². The molecule has 7 heteroatoms. The molecule has 2 aromatic rings. The lowest BCUT2D eigenvalue weighted by molar-refractivity contribution is -0.130. The lowest BCUT2D eigenvalue weighted by Crippen LogP contribution is -2.07. The van der Waals surface area contributed by atoms with Crippen molar-refractivity contribution in [3.63, 3.8) is 0 Å². The average Bonchev–Trinajstić information content (AvgIpc) is 2.53. The van der Waals surface area contributed by atoms with Gasteiger partial charge in [0.05, 0.1) is 11.4 Å². The molecular weight excluding hydrogens is 312 g/mol. The minimum atomic E-state index is -1.23. The number of carbonyl (C=O) groups excluding carboxylic acids is 1. The number of esters is 1. The summed E-state index contributed by atoms with van der Waals surface area (Å²) in [6.07, 6.45) is 0. The normalized spacial score (nSPS) is 10.5. The topological polar surface area (TPSA) is 109 Å². The number of azo groups is 1. The lowest BCUT2D eigenvalue weighted by atomic mass is 10.2. The van der Waals surface area contributed by atoms with Crippen LogP contribution in [0.15, 0.2) is 64.8 Å². The molecule has 0 aliphatic rings. The smallest absolute Gasteiger partial charge is 0.339 e. The third-order valence-corrected chi connectivity index (χ3v) is 2.89. The first-order valence-corrected chi connectivity index (χ1v) is 6.82. The quantitative estimate of drug-likeness (QED) is 0.374. The van der Waals surface area contributed by atoms with Crippen LogP contribution in [0.3, 0.4) is 0 Å². The van der Waals surface area contributed by atoms with Gasteiger partial charge >= 0.3 is 11.9 Å². The molecule has 2 aromatic carbocycles. The van der Waals surface area contributed by atoms with Crippen LogP contribution in [0.2, 0.25) is 0 Å². The van der Waals surface area contributed by atoms with E-state index < -0.39 is 11.9 Å². The van der Waals surface area contributed by atoms with E-state index in [0.29, 0.717) is 22.7 Å². The van der Waals surface area contributed by atoms with Gasteiger partial charge in [0.15, 0.2) is 0 Å². The van der Waals surface area contributed by atoms with Gasteiger partial charge < -0.3 is 14.9 Å². The van der Waals surface area contributed by atoms with Gasteiger partial charge in [-0.1, -0.05) is 6.58 Å². The molecule has 2 rings (SSSR count). The van der Waals surface area contributed by atoms with Crippen molar-refractivity contribution in [3.8, 4) is 11.5 Å². The Balaban J connectivity index is 2.09. The number of nitrogens with zero attached hydrogens (tertiary/aromatic N) is 2. The van der Waals surface area contributed by atoms with Crippen molar-refractivity contribution in [2.75, 3.05) is 0 Å². The Labute approximate surface area is 137 Å². The van der Waals surface area contributed by atoms with E-state index in [-0.39, 0.29) is 11.3 Å². The van der Waals surface area contributed by atoms with E-state index in [1.807, 2.05) is 0 Å². The number of carboxylic acids is 1. The Kier molecular flexibility index (Phi) is 5.06. The van der Waals surface area contributed by atoms with Crippen molar-refractivity contribution < 1.29 is 24.5 Å². The van der Waals surface area contributed by atoms with Gasteiger partial charge in [-0.15, -0.1) is 0 Å². The summed E-state index contributed by atoms with van der Waals surface area (Å²) >= 11 is 0. The van der Waals surface area contributed by atoms with E-state index in [2.05, 4.69) is 16.8 Å². The molecule has 0 aromatic heterocycles. The fourth-order valence-corrected chi connectivity index (χ4v) is 1.65. The van der Waals surface area contributed by atoms with Gasteiger partial charge in [-0.05, 0) is 43.3 Å². The van der Waals surface area contributed by atoms with Gasteiger partial charge in [0, 0.05) is 11.6 Å². The van der Waals surface area contributed by atoms with E-state index in [9.17, 15) is 14.7 Å². The summed E-state index contributed by atoms with van der Waals surface area (Å²) in [5.41, 5.74) is 0.878. The van der Waals surface area contributed by atoms with Crippen LogP contribution in [0.1, 0.15) is 17.3 Å². The lowest BCUT2D eigenvalue weighted by Gasteiger charge is -2.03.